The highest BCUT2D eigenvalue weighted by Gasteiger charge is 2.37. The van der Waals surface area contributed by atoms with Gasteiger partial charge in [-0.25, -0.2) is 0 Å². The van der Waals surface area contributed by atoms with Crippen LogP contribution in [0.15, 0.2) is 18.2 Å². The smallest absolute Gasteiger partial charge is 0.0439 e. The van der Waals surface area contributed by atoms with Crippen LogP contribution in [-0.2, 0) is 6.42 Å². The molecule has 0 aliphatic rings. The fraction of sp³-hybridized carbons (Fsp3) is 0.647. The van der Waals surface area contributed by atoms with Gasteiger partial charge in [-0.15, -0.1) is 0 Å². The van der Waals surface area contributed by atoms with E-state index in [4.69, 9.17) is 28.9 Å². The Bertz CT molecular complexity index is 440. The minimum atomic E-state index is 0.00907. The highest BCUT2D eigenvalue weighted by Crippen LogP contribution is 2.31. The van der Waals surface area contributed by atoms with Gasteiger partial charge < -0.3 is 5.73 Å². The fourth-order valence-electron chi connectivity index (χ4n) is 3.44. The van der Waals surface area contributed by atoms with Gasteiger partial charge in [0.05, 0.1) is 0 Å². The van der Waals surface area contributed by atoms with E-state index in [1.807, 2.05) is 18.2 Å². The van der Waals surface area contributed by atoms with Gasteiger partial charge in [0.2, 0.25) is 0 Å². The van der Waals surface area contributed by atoms with Crippen molar-refractivity contribution in [1.29, 1.82) is 0 Å². The van der Waals surface area contributed by atoms with Gasteiger partial charge in [0, 0.05) is 21.6 Å². The van der Waals surface area contributed by atoms with E-state index in [0.29, 0.717) is 5.02 Å². The summed E-state index contributed by atoms with van der Waals surface area (Å²) in [4.78, 5) is 2.48. The second kappa shape index (κ2) is 8.38. The van der Waals surface area contributed by atoms with E-state index in [9.17, 15) is 0 Å². The molecule has 0 amide bonds. The lowest BCUT2D eigenvalue weighted by molar-refractivity contribution is 0.0628. The van der Waals surface area contributed by atoms with Gasteiger partial charge in [-0.2, -0.15) is 0 Å². The number of likely N-dealkylation sites (N-methyl/N-ethyl adjacent to an activating group) is 1. The molecular formula is C17H28Cl2N2. The second-order valence-electron chi connectivity index (χ2n) is 5.53. The third-order valence-electron chi connectivity index (χ3n) is 4.76. The number of nitrogens with zero attached hydrogens (tertiary/aromatic N) is 1. The van der Waals surface area contributed by atoms with E-state index in [2.05, 4.69) is 32.6 Å². The van der Waals surface area contributed by atoms with Crippen LogP contribution in [0.5, 0.6) is 0 Å². The molecular weight excluding hydrogens is 303 g/mol. The van der Waals surface area contributed by atoms with Gasteiger partial charge in [0.1, 0.15) is 0 Å². The lowest BCUT2D eigenvalue weighted by Gasteiger charge is -2.46. The molecule has 21 heavy (non-hydrogen) atoms. The van der Waals surface area contributed by atoms with Crippen molar-refractivity contribution in [2.75, 3.05) is 13.1 Å². The van der Waals surface area contributed by atoms with Crippen molar-refractivity contribution in [3.05, 3.63) is 33.8 Å². The minimum absolute atomic E-state index is 0.00907. The van der Waals surface area contributed by atoms with E-state index in [0.717, 1.165) is 42.9 Å². The van der Waals surface area contributed by atoms with E-state index in [1.165, 1.54) is 0 Å². The topological polar surface area (TPSA) is 29.3 Å². The number of halogens is 2. The zero-order valence-corrected chi connectivity index (χ0v) is 15.1. The maximum absolute atomic E-state index is 6.63. The van der Waals surface area contributed by atoms with Gasteiger partial charge in [-0.05, 0) is 56.1 Å². The summed E-state index contributed by atoms with van der Waals surface area (Å²) in [6.07, 6.45) is 2.81. The first kappa shape index (κ1) is 18.8. The number of hydrogen-bond acceptors (Lipinski definition) is 2. The molecule has 1 rings (SSSR count). The van der Waals surface area contributed by atoms with Crippen molar-refractivity contribution >= 4 is 23.2 Å². The zero-order valence-electron chi connectivity index (χ0n) is 13.6. The van der Waals surface area contributed by atoms with Gasteiger partial charge in [0.15, 0.2) is 0 Å². The lowest BCUT2D eigenvalue weighted by atomic mass is 9.80. The van der Waals surface area contributed by atoms with E-state index in [-0.39, 0.29) is 11.6 Å². The van der Waals surface area contributed by atoms with Crippen LogP contribution in [0.4, 0.5) is 0 Å². The van der Waals surface area contributed by atoms with Crippen LogP contribution < -0.4 is 5.73 Å². The SMILES string of the molecule is CCN(CC)C(CC)(CC)C(N)Cc1cc(Cl)ccc1Cl. The number of rotatable bonds is 8. The Morgan fingerprint density at radius 3 is 2.14 bits per heavy atom. The molecule has 0 bridgehead atoms. The minimum Gasteiger partial charge on any atom is -0.326 e. The van der Waals surface area contributed by atoms with E-state index < -0.39 is 0 Å². The van der Waals surface area contributed by atoms with Gasteiger partial charge >= 0.3 is 0 Å². The molecule has 0 aliphatic heterocycles. The van der Waals surface area contributed by atoms with Crippen molar-refractivity contribution in [2.24, 2.45) is 5.73 Å². The average Bonchev–Trinajstić information content (AvgIpc) is 2.48. The molecule has 0 heterocycles. The monoisotopic (exact) mass is 330 g/mol. The summed E-state index contributed by atoms with van der Waals surface area (Å²) >= 11 is 12.4. The Kier molecular flexibility index (Phi) is 7.49. The van der Waals surface area contributed by atoms with Crippen LogP contribution in [0.25, 0.3) is 0 Å². The first-order valence-corrected chi connectivity index (χ1v) is 8.65. The molecule has 1 aromatic rings. The number of benzene rings is 1. The number of hydrogen-bond donors (Lipinski definition) is 1. The molecule has 4 heteroatoms. The van der Waals surface area contributed by atoms with Gasteiger partial charge in [-0.3, -0.25) is 4.90 Å². The Morgan fingerprint density at radius 1 is 1.10 bits per heavy atom. The van der Waals surface area contributed by atoms with Gasteiger partial charge in [0.25, 0.3) is 0 Å². The standard InChI is InChI=1S/C17H28Cl2N2/c1-5-17(6-2,21(7-3)8-4)16(20)12-13-11-14(18)9-10-15(13)19/h9-11,16H,5-8,12,20H2,1-4H3. The fourth-order valence-corrected chi connectivity index (χ4v) is 3.83. The van der Waals surface area contributed by atoms with Crippen molar-refractivity contribution in [1.82, 2.24) is 4.90 Å². The third-order valence-corrected chi connectivity index (χ3v) is 5.36. The predicted molar refractivity (Wildman–Crippen MR) is 94.4 cm³/mol. The lowest BCUT2D eigenvalue weighted by Crippen LogP contribution is -2.60. The summed E-state index contributed by atoms with van der Waals surface area (Å²) in [6.45, 7) is 10.9. The second-order valence-corrected chi connectivity index (χ2v) is 6.37. The van der Waals surface area contributed by atoms with E-state index >= 15 is 0 Å². The van der Waals surface area contributed by atoms with Gasteiger partial charge in [-0.1, -0.05) is 50.9 Å². The van der Waals surface area contributed by atoms with Crippen molar-refractivity contribution < 1.29 is 0 Å². The molecule has 2 nitrogen and oxygen atoms in total. The Morgan fingerprint density at radius 2 is 1.67 bits per heavy atom. The van der Waals surface area contributed by atoms with Crippen LogP contribution in [-0.4, -0.2) is 29.6 Å². The Hall–Kier alpha value is -0.280. The molecule has 0 saturated carbocycles. The summed E-state index contributed by atoms with van der Waals surface area (Å²) in [6, 6.07) is 5.63. The molecule has 1 aromatic carbocycles. The average molecular weight is 331 g/mol. The summed E-state index contributed by atoms with van der Waals surface area (Å²) in [5.74, 6) is 0. The van der Waals surface area contributed by atoms with Crippen LogP contribution in [0.3, 0.4) is 0 Å². The quantitative estimate of drug-likeness (QED) is 0.744. The van der Waals surface area contributed by atoms with Crippen molar-refractivity contribution in [3.8, 4) is 0 Å². The zero-order chi connectivity index (χ0) is 16.0. The summed E-state index contributed by atoms with van der Waals surface area (Å²) in [5.41, 5.74) is 7.68. The molecule has 1 unspecified atom stereocenters. The summed E-state index contributed by atoms with van der Waals surface area (Å²) in [5, 5.41) is 1.46. The predicted octanol–water partition coefficient (Wildman–Crippen LogP) is 4.76. The van der Waals surface area contributed by atoms with Crippen molar-refractivity contribution in [3.63, 3.8) is 0 Å². The Labute approximate surface area is 139 Å². The van der Waals surface area contributed by atoms with E-state index in [1.54, 1.807) is 0 Å². The summed E-state index contributed by atoms with van der Waals surface area (Å²) in [7, 11) is 0. The largest absolute Gasteiger partial charge is 0.326 e. The van der Waals surface area contributed by atoms with Crippen LogP contribution in [0.1, 0.15) is 46.1 Å². The molecule has 0 spiro atoms. The van der Waals surface area contributed by atoms with Crippen molar-refractivity contribution in [2.45, 2.75) is 58.5 Å². The third kappa shape index (κ3) is 4.13. The number of nitrogens with two attached hydrogens (primary N) is 1. The Balaban J connectivity index is 3.06. The molecule has 0 aliphatic carbocycles. The first-order valence-electron chi connectivity index (χ1n) is 7.89. The highest BCUT2D eigenvalue weighted by molar-refractivity contribution is 6.33. The normalized spacial score (nSPS) is 13.7. The first-order chi connectivity index (χ1) is 9.94. The summed E-state index contributed by atoms with van der Waals surface area (Å²) < 4.78 is 0. The maximum Gasteiger partial charge on any atom is 0.0439 e. The molecule has 1 atom stereocenters. The van der Waals surface area contributed by atoms with Crippen LogP contribution in [0, 0.1) is 0 Å². The molecule has 0 aromatic heterocycles. The van der Waals surface area contributed by atoms with Crippen LogP contribution >= 0.6 is 23.2 Å². The highest BCUT2D eigenvalue weighted by atomic mass is 35.5. The molecule has 0 radical (unpaired) electrons. The molecule has 0 fully saturated rings. The molecule has 2 N–H and O–H groups in total. The maximum atomic E-state index is 6.63. The van der Waals surface area contributed by atoms with Crippen LogP contribution in [0.2, 0.25) is 10.0 Å². The molecule has 0 saturated heterocycles. The molecule has 120 valence electrons.